The predicted octanol–water partition coefficient (Wildman–Crippen LogP) is 5.73. The number of aromatic nitrogens is 1. The third kappa shape index (κ3) is 2.68. The molecule has 5 fully saturated rings. The zero-order chi connectivity index (χ0) is 22.3. The Bertz CT molecular complexity index is 1210. The van der Waals surface area contributed by atoms with Gasteiger partial charge in [-0.25, -0.2) is 9.59 Å². The lowest BCUT2D eigenvalue weighted by Gasteiger charge is -2.51. The highest BCUT2D eigenvalue weighted by Crippen LogP contribution is 2.58. The summed E-state index contributed by atoms with van der Waals surface area (Å²) in [5, 5.41) is 1.13. The van der Waals surface area contributed by atoms with Crippen LogP contribution in [0.1, 0.15) is 57.2 Å². The van der Waals surface area contributed by atoms with Crippen LogP contribution < -0.4 is 0 Å². The lowest BCUT2D eigenvalue weighted by atomic mass is 9.53. The molecule has 0 atom stereocenters. The molecule has 2 aromatic rings. The summed E-state index contributed by atoms with van der Waals surface area (Å²) < 4.78 is 7.54. The van der Waals surface area contributed by atoms with E-state index in [0.717, 1.165) is 39.6 Å². The highest BCUT2D eigenvalue weighted by molar-refractivity contribution is 6.23. The molecule has 0 spiro atoms. The van der Waals surface area contributed by atoms with Gasteiger partial charge >= 0.3 is 11.9 Å². The summed E-state index contributed by atoms with van der Waals surface area (Å²) in [5.41, 5.74) is 6.73. The van der Waals surface area contributed by atoms with Crippen molar-refractivity contribution in [1.82, 2.24) is 4.57 Å². The van der Waals surface area contributed by atoms with Gasteiger partial charge in [0.05, 0.1) is 11.1 Å². The number of para-hydroxylation sites is 1. The topological polar surface area (TPSA) is 48.3 Å². The van der Waals surface area contributed by atoms with Gasteiger partial charge in [-0.2, -0.15) is 0 Å². The highest BCUT2D eigenvalue weighted by atomic mass is 16.6. The van der Waals surface area contributed by atoms with Crippen LogP contribution in [0, 0.1) is 36.5 Å². The number of carbonyl (C=O) groups excluding carboxylic acids is 2. The van der Waals surface area contributed by atoms with Crippen LogP contribution in [0.3, 0.4) is 0 Å². The van der Waals surface area contributed by atoms with Crippen LogP contribution >= 0.6 is 0 Å². The summed E-state index contributed by atoms with van der Waals surface area (Å²) in [6.07, 6.45) is 6.04. The fourth-order valence-electron chi connectivity index (χ4n) is 7.56. The number of cyclic esters (lactones) is 2. The van der Waals surface area contributed by atoms with E-state index in [-0.39, 0.29) is 5.92 Å². The van der Waals surface area contributed by atoms with E-state index in [2.05, 4.69) is 44.5 Å². The molecule has 7 rings (SSSR count). The van der Waals surface area contributed by atoms with Crippen LogP contribution in [0.2, 0.25) is 0 Å². The average molecular weight is 430 g/mol. The van der Waals surface area contributed by atoms with Crippen molar-refractivity contribution in [1.29, 1.82) is 0 Å². The zero-order valence-corrected chi connectivity index (χ0v) is 19.4. The number of rotatable bonds is 2. The number of esters is 2. The van der Waals surface area contributed by atoms with Gasteiger partial charge in [-0.3, -0.25) is 0 Å². The maximum absolute atomic E-state index is 13.3. The van der Waals surface area contributed by atoms with Crippen molar-refractivity contribution < 1.29 is 14.3 Å². The van der Waals surface area contributed by atoms with Crippen molar-refractivity contribution in [3.05, 3.63) is 52.2 Å². The van der Waals surface area contributed by atoms with Crippen LogP contribution in [0.25, 0.3) is 16.5 Å². The van der Waals surface area contributed by atoms with Crippen molar-refractivity contribution in [2.45, 2.75) is 52.9 Å². The molecule has 0 amide bonds. The molecule has 4 aliphatic carbocycles. The lowest BCUT2D eigenvalue weighted by Crippen LogP contribution is -2.41. The molecule has 166 valence electrons. The molecule has 0 unspecified atom stereocenters. The Hall–Kier alpha value is -2.62. The van der Waals surface area contributed by atoms with E-state index in [1.807, 2.05) is 12.1 Å². The Morgan fingerprint density at radius 3 is 2.22 bits per heavy atom. The molecule has 0 N–H and O–H groups in total. The summed E-state index contributed by atoms with van der Waals surface area (Å²) >= 11 is 0. The molecular formula is C28H31NO3. The van der Waals surface area contributed by atoms with E-state index in [9.17, 15) is 9.59 Å². The molecule has 4 saturated carbocycles. The van der Waals surface area contributed by atoms with Crippen LogP contribution in [-0.2, 0) is 21.4 Å². The van der Waals surface area contributed by atoms with E-state index in [4.69, 9.17) is 4.74 Å². The number of carbonyl (C=O) groups is 2. The maximum atomic E-state index is 13.3. The minimum atomic E-state index is -0.456. The van der Waals surface area contributed by atoms with Gasteiger partial charge in [0.2, 0.25) is 0 Å². The minimum Gasteiger partial charge on any atom is -0.386 e. The molecule has 1 aromatic heterocycles. The quantitative estimate of drug-likeness (QED) is 0.348. The second kappa shape index (κ2) is 6.94. The smallest absolute Gasteiger partial charge is 0.347 e. The van der Waals surface area contributed by atoms with Gasteiger partial charge in [0.15, 0.2) is 0 Å². The molecule has 2 heterocycles. The molecule has 0 radical (unpaired) electrons. The van der Waals surface area contributed by atoms with Crippen molar-refractivity contribution in [2.24, 2.45) is 36.6 Å². The van der Waals surface area contributed by atoms with Gasteiger partial charge in [0.1, 0.15) is 0 Å². The standard InChI is InChI=1S/C28H31NO3/c1-14(2)22(23-15(3)29(4)21-8-6-5-7-20(21)23)25-26(28(31)32-27(25)30)24-18-10-16-9-17(12-18)13-19(24)11-16/h5-8,14,16-19H,9-13H2,1-4H3/b25-22-,26-24?. The van der Waals surface area contributed by atoms with E-state index in [1.54, 1.807) is 0 Å². The van der Waals surface area contributed by atoms with E-state index < -0.39 is 11.9 Å². The monoisotopic (exact) mass is 429 g/mol. The Morgan fingerprint density at radius 2 is 1.59 bits per heavy atom. The normalized spacial score (nSPS) is 30.8. The van der Waals surface area contributed by atoms with Gasteiger partial charge in [-0.15, -0.1) is 0 Å². The number of aryl methyl sites for hydroxylation is 1. The molecule has 1 aliphatic heterocycles. The number of fused-ring (bicyclic) bond motifs is 1. The number of allylic oxidation sites excluding steroid dienone is 2. The predicted molar refractivity (Wildman–Crippen MR) is 125 cm³/mol. The van der Waals surface area contributed by atoms with E-state index in [1.165, 1.54) is 37.7 Å². The zero-order valence-electron chi connectivity index (χ0n) is 19.4. The SMILES string of the molecule is Cc1c(/C(=C2\C(=O)OC(=O)C2=C2C3CC4CC(C3)CC2C4)C(C)C)c2ccccc2n1C. The van der Waals surface area contributed by atoms with Gasteiger partial charge < -0.3 is 9.30 Å². The van der Waals surface area contributed by atoms with Gasteiger partial charge in [0, 0.05) is 29.2 Å². The highest BCUT2D eigenvalue weighted by Gasteiger charge is 2.50. The second-order valence-corrected chi connectivity index (χ2v) is 10.8. The third-order valence-electron chi connectivity index (χ3n) is 8.67. The van der Waals surface area contributed by atoms with E-state index in [0.29, 0.717) is 23.0 Å². The van der Waals surface area contributed by atoms with Crippen molar-refractivity contribution in [3.63, 3.8) is 0 Å². The third-order valence-corrected chi connectivity index (χ3v) is 8.67. The van der Waals surface area contributed by atoms with Crippen molar-refractivity contribution in [2.75, 3.05) is 0 Å². The Balaban J connectivity index is 1.65. The second-order valence-electron chi connectivity index (χ2n) is 10.8. The number of nitrogens with zero attached hydrogens (tertiary/aromatic N) is 1. The van der Waals surface area contributed by atoms with Crippen LogP contribution in [0.5, 0.6) is 0 Å². The average Bonchev–Trinajstić information content (AvgIpc) is 3.16. The van der Waals surface area contributed by atoms with Crippen LogP contribution in [-0.4, -0.2) is 16.5 Å². The molecule has 5 aliphatic rings. The maximum Gasteiger partial charge on any atom is 0.347 e. The number of ether oxygens (including phenoxy) is 1. The van der Waals surface area contributed by atoms with Gasteiger partial charge in [-0.1, -0.05) is 32.0 Å². The molecule has 4 nitrogen and oxygen atoms in total. The Morgan fingerprint density at radius 1 is 0.969 bits per heavy atom. The molecule has 1 saturated heterocycles. The molecule has 4 heteroatoms. The number of benzene rings is 1. The largest absolute Gasteiger partial charge is 0.386 e. The molecular weight excluding hydrogens is 398 g/mol. The molecule has 32 heavy (non-hydrogen) atoms. The first-order chi connectivity index (χ1) is 15.3. The van der Waals surface area contributed by atoms with Gasteiger partial charge in [0.25, 0.3) is 0 Å². The summed E-state index contributed by atoms with van der Waals surface area (Å²) in [5.74, 6) is 1.69. The summed E-state index contributed by atoms with van der Waals surface area (Å²) in [6.45, 7) is 6.35. The van der Waals surface area contributed by atoms with Gasteiger partial charge in [-0.05, 0) is 85.8 Å². The first-order valence-electron chi connectivity index (χ1n) is 12.1. The minimum absolute atomic E-state index is 0.0837. The van der Waals surface area contributed by atoms with Crippen molar-refractivity contribution in [3.8, 4) is 0 Å². The van der Waals surface area contributed by atoms with Crippen molar-refractivity contribution >= 4 is 28.4 Å². The fraction of sp³-hybridized carbons (Fsp3) is 0.500. The summed E-state index contributed by atoms with van der Waals surface area (Å²) in [4.78, 5) is 26.5. The Kier molecular flexibility index (Phi) is 4.34. The number of hydrogen-bond acceptors (Lipinski definition) is 3. The lowest BCUT2D eigenvalue weighted by molar-refractivity contribution is -0.149. The van der Waals surface area contributed by atoms with Crippen LogP contribution in [0.15, 0.2) is 41.0 Å². The number of hydrogen-bond donors (Lipinski definition) is 0. The molecule has 1 aromatic carbocycles. The fourth-order valence-corrected chi connectivity index (χ4v) is 7.56. The first kappa shape index (κ1) is 20.0. The van der Waals surface area contributed by atoms with E-state index >= 15 is 0 Å². The summed E-state index contributed by atoms with van der Waals surface area (Å²) in [7, 11) is 2.07. The molecule has 4 bridgehead atoms. The van der Waals surface area contributed by atoms with Crippen LogP contribution in [0.4, 0.5) is 0 Å². The summed E-state index contributed by atoms with van der Waals surface area (Å²) in [6, 6.07) is 8.33. The first-order valence-corrected chi connectivity index (χ1v) is 12.1. The Labute approximate surface area is 189 Å².